The number of thiophene rings is 1. The Kier molecular flexibility index (Phi) is 9.31. The highest BCUT2D eigenvalue weighted by molar-refractivity contribution is 7.10. The number of hydrogen-bond acceptors (Lipinski definition) is 4. The van der Waals surface area contributed by atoms with Gasteiger partial charge in [0.2, 0.25) is 0 Å². The molecule has 0 amide bonds. The van der Waals surface area contributed by atoms with E-state index >= 15 is 0 Å². The molecule has 4 heteroatoms. The van der Waals surface area contributed by atoms with Gasteiger partial charge in [0.1, 0.15) is 0 Å². The van der Waals surface area contributed by atoms with Crippen LogP contribution < -0.4 is 0 Å². The van der Waals surface area contributed by atoms with Crippen LogP contribution >= 0.6 is 11.3 Å². The molecule has 3 N–H and O–H groups in total. The Morgan fingerprint density at radius 3 is 2.67 bits per heavy atom. The first-order chi connectivity index (χ1) is 19.2. The molecule has 0 bridgehead atoms. The predicted molar refractivity (Wildman–Crippen MR) is 167 cm³/mol. The van der Waals surface area contributed by atoms with E-state index < -0.39 is 18.3 Å². The molecule has 1 aromatic heterocycles. The summed E-state index contributed by atoms with van der Waals surface area (Å²) in [6.45, 7) is 11.2. The number of rotatable bonds is 10. The van der Waals surface area contributed by atoms with Crippen LogP contribution in [0.15, 0.2) is 59.0 Å². The molecule has 0 aliphatic heterocycles. The monoisotopic (exact) mass is 564 g/mol. The average Bonchev–Trinajstić information content (AvgIpc) is 3.46. The maximum Gasteiger partial charge on any atom is 0.0825 e. The summed E-state index contributed by atoms with van der Waals surface area (Å²) >= 11 is 1.86. The number of aliphatic hydroxyl groups excluding tert-OH is 3. The third kappa shape index (κ3) is 6.02. The van der Waals surface area contributed by atoms with E-state index in [1.54, 1.807) is 0 Å². The van der Waals surface area contributed by atoms with Crippen LogP contribution in [-0.4, -0.2) is 33.6 Å². The third-order valence-electron chi connectivity index (χ3n) is 11.1. The van der Waals surface area contributed by atoms with Gasteiger partial charge in [0, 0.05) is 16.7 Å². The van der Waals surface area contributed by atoms with Gasteiger partial charge in [0.25, 0.3) is 0 Å². The fourth-order valence-electron chi connectivity index (χ4n) is 8.38. The van der Waals surface area contributed by atoms with Crippen molar-refractivity contribution < 1.29 is 15.3 Å². The maximum absolute atomic E-state index is 11.4. The summed E-state index contributed by atoms with van der Waals surface area (Å²) in [5.41, 5.74) is 4.98. The van der Waals surface area contributed by atoms with E-state index in [-0.39, 0.29) is 10.8 Å². The van der Waals surface area contributed by atoms with E-state index in [4.69, 9.17) is 0 Å². The molecule has 220 valence electrons. The second-order valence-electron chi connectivity index (χ2n) is 13.8. The zero-order valence-corrected chi connectivity index (χ0v) is 25.9. The van der Waals surface area contributed by atoms with E-state index in [1.807, 2.05) is 11.3 Å². The van der Waals surface area contributed by atoms with Crippen molar-refractivity contribution in [2.45, 2.75) is 128 Å². The summed E-state index contributed by atoms with van der Waals surface area (Å²) in [4.78, 5) is 1.38. The number of aliphatic hydroxyl groups is 3. The molecule has 40 heavy (non-hydrogen) atoms. The van der Waals surface area contributed by atoms with Crippen molar-refractivity contribution in [3.8, 4) is 0 Å². The molecule has 4 fully saturated rings. The smallest absolute Gasteiger partial charge is 0.0825 e. The van der Waals surface area contributed by atoms with Gasteiger partial charge in [-0.2, -0.15) is 0 Å². The first kappa shape index (κ1) is 30.0. The van der Waals surface area contributed by atoms with Crippen molar-refractivity contribution in [3.63, 3.8) is 0 Å². The highest BCUT2D eigenvalue weighted by atomic mass is 32.1. The Morgan fingerprint density at radius 2 is 1.93 bits per heavy atom. The fraction of sp³-hybridized carbons (Fsp3) is 0.667. The minimum Gasteiger partial charge on any atom is -0.393 e. The Bertz CT molecular complexity index is 1140. The summed E-state index contributed by atoms with van der Waals surface area (Å²) in [6.07, 6.45) is 21.6. The van der Waals surface area contributed by atoms with Gasteiger partial charge < -0.3 is 15.3 Å². The first-order valence-corrected chi connectivity index (χ1v) is 16.9. The first-order valence-electron chi connectivity index (χ1n) is 16.1. The van der Waals surface area contributed by atoms with Crippen LogP contribution in [0.3, 0.4) is 0 Å². The molecule has 4 aliphatic carbocycles. The van der Waals surface area contributed by atoms with Gasteiger partial charge in [-0.05, 0) is 116 Å². The van der Waals surface area contributed by atoms with Gasteiger partial charge in [0.15, 0.2) is 0 Å². The Labute approximate surface area is 246 Å². The van der Waals surface area contributed by atoms with E-state index in [1.165, 1.54) is 61.0 Å². The summed E-state index contributed by atoms with van der Waals surface area (Å²) in [5.74, 6) is 1.64. The quantitative estimate of drug-likeness (QED) is 0.198. The average molecular weight is 565 g/mol. The molecule has 4 saturated carbocycles. The molecular weight excluding hydrogens is 512 g/mol. The lowest BCUT2D eigenvalue weighted by Crippen LogP contribution is -2.35. The summed E-state index contributed by atoms with van der Waals surface area (Å²) in [7, 11) is 0. The molecule has 7 atom stereocenters. The van der Waals surface area contributed by atoms with E-state index in [0.29, 0.717) is 30.6 Å². The minimum absolute atomic E-state index is 0.0511. The second kappa shape index (κ2) is 12.4. The molecule has 0 spiro atoms. The van der Waals surface area contributed by atoms with Gasteiger partial charge in [-0.25, -0.2) is 0 Å². The van der Waals surface area contributed by atoms with Gasteiger partial charge >= 0.3 is 0 Å². The molecule has 5 rings (SSSR count). The zero-order chi connectivity index (χ0) is 28.5. The van der Waals surface area contributed by atoms with Crippen molar-refractivity contribution in [3.05, 3.63) is 69.5 Å². The van der Waals surface area contributed by atoms with Crippen LogP contribution in [0.2, 0.25) is 0 Å². The zero-order valence-electron chi connectivity index (χ0n) is 25.1. The molecule has 3 nitrogen and oxygen atoms in total. The molecule has 1 aromatic rings. The van der Waals surface area contributed by atoms with Crippen LogP contribution in [0.25, 0.3) is 0 Å². The number of aryl methyl sites for hydroxylation is 1. The normalized spacial score (nSPS) is 35.4. The number of unbranched alkanes of at least 4 members (excludes halogenated alkanes) is 2. The largest absolute Gasteiger partial charge is 0.393 e. The summed E-state index contributed by atoms with van der Waals surface area (Å²) in [6, 6.07) is 2.38. The van der Waals surface area contributed by atoms with Gasteiger partial charge in [-0.3, -0.25) is 0 Å². The maximum atomic E-state index is 11.4. The molecule has 0 saturated heterocycles. The number of allylic oxidation sites excluding steroid dienone is 4. The van der Waals surface area contributed by atoms with Crippen molar-refractivity contribution in [2.24, 2.45) is 23.2 Å². The number of hydrogen-bond donors (Lipinski definition) is 3. The molecule has 1 heterocycles. The summed E-state index contributed by atoms with van der Waals surface area (Å²) < 4.78 is 0. The van der Waals surface area contributed by atoms with Crippen LogP contribution in [0.1, 0.15) is 108 Å². The van der Waals surface area contributed by atoms with Crippen molar-refractivity contribution >= 4 is 11.3 Å². The van der Waals surface area contributed by atoms with E-state index in [0.717, 1.165) is 36.8 Å². The summed E-state index contributed by atoms with van der Waals surface area (Å²) in [5, 5.41) is 34.1. The van der Waals surface area contributed by atoms with Gasteiger partial charge in [-0.15, -0.1) is 11.3 Å². The SMILES string of the molecule is C=C1/C(=C\C=C2/CCC[C@]3(C)[C@@H]([C@H](C)/C=C/[C@H](O)C4(c5cc(CCCCC)cs5)CC4)CC[C@@H]23)C[C@@H](O)C[C@@H]1O. The fourth-order valence-corrected chi connectivity index (χ4v) is 9.62. The lowest BCUT2D eigenvalue weighted by Gasteiger charge is -2.44. The molecule has 0 radical (unpaired) electrons. The highest BCUT2D eigenvalue weighted by Gasteiger charge is 2.52. The minimum atomic E-state index is -0.633. The Balaban J connectivity index is 1.24. The molecule has 0 unspecified atom stereocenters. The van der Waals surface area contributed by atoms with Crippen molar-refractivity contribution in [1.82, 2.24) is 0 Å². The van der Waals surface area contributed by atoms with Crippen molar-refractivity contribution in [2.75, 3.05) is 0 Å². The van der Waals surface area contributed by atoms with Crippen molar-refractivity contribution in [1.29, 1.82) is 0 Å². The van der Waals surface area contributed by atoms with Gasteiger partial charge in [-0.1, -0.05) is 70.1 Å². The lowest BCUT2D eigenvalue weighted by molar-refractivity contribution is 0.0862. The topological polar surface area (TPSA) is 60.7 Å². The lowest BCUT2D eigenvalue weighted by atomic mass is 9.61. The standard InChI is InChI=1S/C36H52O3S/c1-5-6-7-9-26-20-34(40-23-26)36(18-19-36)33(39)16-11-24(2)30-14-15-31-27(10-8-17-35(30,31)4)12-13-28-21-29(37)22-32(38)25(28)3/h11-13,16,20,23-24,29-33,37-39H,3,5-10,14-15,17-19,21-22H2,1-2,4H3/b16-11+,27-12+,28-13-/t24-,29-,30-,31+,32+,33+,35-/m1/s1. The van der Waals surface area contributed by atoms with E-state index in [2.05, 4.69) is 63.1 Å². The Hall–Kier alpha value is -1.46. The molecule has 0 aromatic carbocycles. The highest BCUT2D eigenvalue weighted by Crippen LogP contribution is 2.60. The van der Waals surface area contributed by atoms with Crippen LogP contribution in [0, 0.1) is 23.2 Å². The van der Waals surface area contributed by atoms with Crippen LogP contribution in [0.5, 0.6) is 0 Å². The van der Waals surface area contributed by atoms with Gasteiger partial charge in [0.05, 0.1) is 18.3 Å². The molecule has 4 aliphatic rings. The van der Waals surface area contributed by atoms with Crippen LogP contribution in [0.4, 0.5) is 0 Å². The second-order valence-corrected chi connectivity index (χ2v) is 14.7. The third-order valence-corrected chi connectivity index (χ3v) is 12.3. The van der Waals surface area contributed by atoms with E-state index in [9.17, 15) is 15.3 Å². The van der Waals surface area contributed by atoms with Crippen LogP contribution in [-0.2, 0) is 11.8 Å². The molecular formula is C36H52O3S. The number of fused-ring (bicyclic) bond motifs is 1. The predicted octanol–water partition coefficient (Wildman–Crippen LogP) is 8.21. The Morgan fingerprint density at radius 1 is 1.12 bits per heavy atom.